The van der Waals surface area contributed by atoms with E-state index in [-0.39, 0.29) is 25.2 Å². The minimum Gasteiger partial charge on any atom is -0.484 e. The Labute approximate surface area is 128 Å². The monoisotopic (exact) mass is 343 g/mol. The van der Waals surface area contributed by atoms with E-state index in [0.717, 1.165) is 17.3 Å². The second-order valence-corrected chi connectivity index (χ2v) is 5.44. The van der Waals surface area contributed by atoms with Crippen molar-refractivity contribution in [2.45, 2.75) is 32.7 Å². The Kier molecular flexibility index (Phi) is 7.62. The smallest absolute Gasteiger partial charge is 0.260 e. The van der Waals surface area contributed by atoms with E-state index < -0.39 is 0 Å². The zero-order chi connectivity index (χ0) is 15.0. The van der Waals surface area contributed by atoms with Crippen LogP contribution in [0.25, 0.3) is 0 Å². The van der Waals surface area contributed by atoms with Crippen molar-refractivity contribution in [3.05, 3.63) is 28.7 Å². The van der Waals surface area contributed by atoms with Crippen molar-refractivity contribution in [2.75, 3.05) is 19.8 Å². The highest BCUT2D eigenvalue weighted by Gasteiger charge is 2.20. The molecule has 0 saturated carbocycles. The summed E-state index contributed by atoms with van der Waals surface area (Å²) in [6, 6.07) is 7.54. The normalized spacial score (nSPS) is 10.7. The number of halogens is 1. The summed E-state index contributed by atoms with van der Waals surface area (Å²) in [6.45, 7) is 4.40. The van der Waals surface area contributed by atoms with Crippen LogP contribution in [0.2, 0.25) is 0 Å². The summed E-state index contributed by atoms with van der Waals surface area (Å²) in [5.74, 6) is 0.564. The molecule has 0 aliphatic heterocycles. The standard InChI is InChI=1S/C15H22BrNO3/c1-3-13(4-2)17(8-9-18)15(19)11-20-14-7-5-6-12(16)10-14/h5-7,10,13,18H,3-4,8-9,11H2,1-2H3. The minimum atomic E-state index is -0.0901. The third-order valence-corrected chi connectivity index (χ3v) is 3.70. The molecule has 4 nitrogen and oxygen atoms in total. The lowest BCUT2D eigenvalue weighted by atomic mass is 10.1. The lowest BCUT2D eigenvalue weighted by molar-refractivity contribution is -0.136. The van der Waals surface area contributed by atoms with Crippen molar-refractivity contribution in [3.63, 3.8) is 0 Å². The first-order valence-corrected chi connectivity index (χ1v) is 7.70. The molecule has 1 N–H and O–H groups in total. The molecule has 0 atom stereocenters. The molecule has 0 aromatic heterocycles. The van der Waals surface area contributed by atoms with Crippen molar-refractivity contribution < 1.29 is 14.6 Å². The van der Waals surface area contributed by atoms with E-state index in [9.17, 15) is 4.79 Å². The number of ether oxygens (including phenoxy) is 1. The molecule has 0 bridgehead atoms. The zero-order valence-corrected chi connectivity index (χ0v) is 13.6. The number of aliphatic hydroxyl groups is 1. The number of rotatable bonds is 8. The molecule has 0 aliphatic carbocycles. The molecule has 5 heteroatoms. The number of carbonyl (C=O) groups is 1. The second kappa shape index (κ2) is 8.97. The van der Waals surface area contributed by atoms with Gasteiger partial charge in [-0.2, -0.15) is 0 Å². The van der Waals surface area contributed by atoms with E-state index in [1.807, 2.05) is 38.1 Å². The maximum Gasteiger partial charge on any atom is 0.260 e. The number of hydrogen-bond donors (Lipinski definition) is 1. The third kappa shape index (κ3) is 5.13. The second-order valence-electron chi connectivity index (χ2n) is 4.53. The first-order valence-electron chi connectivity index (χ1n) is 6.91. The van der Waals surface area contributed by atoms with Gasteiger partial charge < -0.3 is 14.7 Å². The van der Waals surface area contributed by atoms with Crippen molar-refractivity contribution in [2.24, 2.45) is 0 Å². The average Bonchev–Trinajstić information content (AvgIpc) is 2.45. The highest BCUT2D eigenvalue weighted by molar-refractivity contribution is 9.10. The Morgan fingerprint density at radius 3 is 2.65 bits per heavy atom. The Morgan fingerprint density at radius 2 is 2.10 bits per heavy atom. The molecule has 1 amide bonds. The van der Waals surface area contributed by atoms with Gasteiger partial charge in [-0.1, -0.05) is 35.8 Å². The van der Waals surface area contributed by atoms with Crippen LogP contribution in [-0.2, 0) is 4.79 Å². The fourth-order valence-electron chi connectivity index (χ4n) is 2.13. The Hall–Kier alpha value is -1.07. The molecule has 0 fully saturated rings. The van der Waals surface area contributed by atoms with Gasteiger partial charge in [0.2, 0.25) is 0 Å². The first kappa shape index (κ1) is 17.0. The molecule has 1 aromatic carbocycles. The lowest BCUT2D eigenvalue weighted by Crippen LogP contribution is -2.43. The summed E-state index contributed by atoms with van der Waals surface area (Å²) < 4.78 is 6.42. The van der Waals surface area contributed by atoms with Crippen LogP contribution in [0.1, 0.15) is 26.7 Å². The van der Waals surface area contributed by atoms with Crippen LogP contribution in [-0.4, -0.2) is 41.7 Å². The lowest BCUT2D eigenvalue weighted by Gasteiger charge is -2.30. The van der Waals surface area contributed by atoms with Gasteiger partial charge in [0.1, 0.15) is 5.75 Å². The Bertz CT molecular complexity index is 421. The minimum absolute atomic E-state index is 0.00699. The number of carbonyl (C=O) groups excluding carboxylic acids is 1. The van der Waals surface area contributed by atoms with Crippen LogP contribution >= 0.6 is 15.9 Å². The van der Waals surface area contributed by atoms with Gasteiger partial charge in [0, 0.05) is 17.1 Å². The van der Waals surface area contributed by atoms with E-state index in [4.69, 9.17) is 9.84 Å². The van der Waals surface area contributed by atoms with Gasteiger partial charge in [0.05, 0.1) is 6.61 Å². The SMILES string of the molecule is CCC(CC)N(CCO)C(=O)COc1cccc(Br)c1. The van der Waals surface area contributed by atoms with Gasteiger partial charge >= 0.3 is 0 Å². The molecular weight excluding hydrogens is 322 g/mol. The number of benzene rings is 1. The van der Waals surface area contributed by atoms with E-state index in [1.54, 1.807) is 4.90 Å². The molecule has 0 spiro atoms. The average molecular weight is 344 g/mol. The quantitative estimate of drug-likeness (QED) is 0.789. The fourth-order valence-corrected chi connectivity index (χ4v) is 2.51. The zero-order valence-electron chi connectivity index (χ0n) is 12.0. The van der Waals surface area contributed by atoms with Crippen LogP contribution < -0.4 is 4.74 Å². The van der Waals surface area contributed by atoms with Crippen LogP contribution in [0.5, 0.6) is 5.75 Å². The maximum atomic E-state index is 12.2. The summed E-state index contributed by atoms with van der Waals surface area (Å²) >= 11 is 3.36. The molecule has 0 radical (unpaired) electrons. The van der Waals surface area contributed by atoms with Crippen molar-refractivity contribution in [1.29, 1.82) is 0 Å². The fraction of sp³-hybridized carbons (Fsp3) is 0.533. The topological polar surface area (TPSA) is 49.8 Å². The maximum absolute atomic E-state index is 12.2. The number of amides is 1. The van der Waals surface area contributed by atoms with E-state index in [0.29, 0.717) is 12.3 Å². The van der Waals surface area contributed by atoms with Gasteiger partial charge in [-0.3, -0.25) is 4.79 Å². The predicted octanol–water partition coefficient (Wildman–Crippen LogP) is 2.84. The molecule has 0 saturated heterocycles. The first-order chi connectivity index (χ1) is 9.62. The molecule has 1 rings (SSSR count). The molecule has 112 valence electrons. The van der Waals surface area contributed by atoms with Gasteiger partial charge in [0.25, 0.3) is 5.91 Å². The van der Waals surface area contributed by atoms with Crippen molar-refractivity contribution in [1.82, 2.24) is 4.90 Å². The van der Waals surface area contributed by atoms with E-state index >= 15 is 0 Å². The molecule has 0 aliphatic rings. The summed E-state index contributed by atoms with van der Waals surface area (Å²) in [7, 11) is 0. The van der Waals surface area contributed by atoms with Crippen molar-refractivity contribution in [3.8, 4) is 5.75 Å². The van der Waals surface area contributed by atoms with Gasteiger partial charge in [-0.05, 0) is 31.0 Å². The van der Waals surface area contributed by atoms with Crippen LogP contribution in [0.3, 0.4) is 0 Å². The Balaban J connectivity index is 2.62. The summed E-state index contributed by atoms with van der Waals surface area (Å²) in [5.41, 5.74) is 0. The molecule has 20 heavy (non-hydrogen) atoms. The number of aliphatic hydroxyl groups excluding tert-OH is 1. The van der Waals surface area contributed by atoms with Gasteiger partial charge in [-0.15, -0.1) is 0 Å². The summed E-state index contributed by atoms with van der Waals surface area (Å²) in [4.78, 5) is 13.9. The molecule has 0 heterocycles. The Morgan fingerprint density at radius 1 is 1.40 bits per heavy atom. The molecule has 1 aromatic rings. The molecule has 0 unspecified atom stereocenters. The predicted molar refractivity (Wildman–Crippen MR) is 82.8 cm³/mol. The highest BCUT2D eigenvalue weighted by Crippen LogP contribution is 2.18. The number of hydrogen-bond acceptors (Lipinski definition) is 3. The summed E-state index contributed by atoms with van der Waals surface area (Å²) in [6.07, 6.45) is 1.75. The van der Waals surface area contributed by atoms with Gasteiger partial charge in [-0.25, -0.2) is 0 Å². The van der Waals surface area contributed by atoms with E-state index in [1.165, 1.54) is 0 Å². The van der Waals surface area contributed by atoms with Crippen LogP contribution in [0.15, 0.2) is 28.7 Å². The van der Waals surface area contributed by atoms with Crippen molar-refractivity contribution >= 4 is 21.8 Å². The largest absolute Gasteiger partial charge is 0.484 e. The number of nitrogens with zero attached hydrogens (tertiary/aromatic N) is 1. The van der Waals surface area contributed by atoms with Gasteiger partial charge in [0.15, 0.2) is 6.61 Å². The van der Waals surface area contributed by atoms with Crippen LogP contribution in [0, 0.1) is 0 Å². The highest BCUT2D eigenvalue weighted by atomic mass is 79.9. The van der Waals surface area contributed by atoms with E-state index in [2.05, 4.69) is 15.9 Å². The third-order valence-electron chi connectivity index (χ3n) is 3.20. The molecular formula is C15H22BrNO3. The van der Waals surface area contributed by atoms with Crippen LogP contribution in [0.4, 0.5) is 0 Å². The summed E-state index contributed by atoms with van der Waals surface area (Å²) in [5, 5.41) is 9.11.